The van der Waals surface area contributed by atoms with E-state index in [1.54, 1.807) is 13.2 Å². The molecule has 0 saturated heterocycles. The molecule has 4 heteroatoms. The molecule has 0 heterocycles. The number of hydrogen-bond donors (Lipinski definition) is 2. The number of ether oxygens (including phenoxy) is 1. The first-order valence-corrected chi connectivity index (χ1v) is 4.79. The monoisotopic (exact) mass is 216 g/mol. The molecule has 2 rings (SSSR count). The highest BCUT2D eigenvalue weighted by Crippen LogP contribution is 2.28. The summed E-state index contributed by atoms with van der Waals surface area (Å²) in [5.74, 6) is 5.99. The molecular weight excluding hydrogens is 204 g/mol. The number of phenolic OH excluding ortho intramolecular Hbond substituents is 1. The van der Waals surface area contributed by atoms with Crippen LogP contribution in [0.2, 0.25) is 0 Å². The van der Waals surface area contributed by atoms with Crippen LogP contribution in [0.5, 0.6) is 11.5 Å². The van der Waals surface area contributed by atoms with Gasteiger partial charge in [0.2, 0.25) is 0 Å². The fraction of sp³-hybridized carbons (Fsp3) is 0.0833. The molecule has 2 aromatic carbocycles. The van der Waals surface area contributed by atoms with Gasteiger partial charge in [0.1, 0.15) is 11.5 Å². The van der Waals surface area contributed by atoms with E-state index in [-0.39, 0.29) is 5.75 Å². The lowest BCUT2D eigenvalue weighted by atomic mass is 10.0. The fourth-order valence-corrected chi connectivity index (χ4v) is 1.65. The maximum atomic E-state index is 9.72. The lowest BCUT2D eigenvalue weighted by molar-refractivity contribution is 0.415. The topological polar surface area (TPSA) is 67.8 Å². The molecule has 0 saturated carbocycles. The lowest BCUT2D eigenvalue weighted by Crippen LogP contribution is -1.90. The summed E-state index contributed by atoms with van der Waals surface area (Å²) in [6, 6.07) is 9.07. The van der Waals surface area contributed by atoms with Gasteiger partial charge < -0.3 is 15.7 Å². The highest BCUT2D eigenvalue weighted by atomic mass is 16.5. The van der Waals surface area contributed by atoms with E-state index in [9.17, 15) is 5.11 Å². The normalized spacial score (nSPS) is 11.1. The Hall–Kier alpha value is -2.23. The van der Waals surface area contributed by atoms with Crippen molar-refractivity contribution in [3.05, 3.63) is 35.9 Å². The highest BCUT2D eigenvalue weighted by Gasteiger charge is 2.05. The van der Waals surface area contributed by atoms with Crippen LogP contribution in [-0.2, 0) is 0 Å². The number of aromatic hydroxyl groups is 1. The van der Waals surface area contributed by atoms with Crippen LogP contribution in [0.25, 0.3) is 10.8 Å². The first kappa shape index (κ1) is 10.3. The molecule has 0 radical (unpaired) electrons. The van der Waals surface area contributed by atoms with Crippen molar-refractivity contribution in [3.8, 4) is 11.5 Å². The van der Waals surface area contributed by atoms with Gasteiger partial charge >= 0.3 is 0 Å². The molecule has 0 unspecified atom stereocenters. The Kier molecular flexibility index (Phi) is 2.64. The molecule has 0 atom stereocenters. The van der Waals surface area contributed by atoms with Gasteiger partial charge in [-0.15, -0.1) is 0 Å². The van der Waals surface area contributed by atoms with E-state index in [0.717, 1.165) is 16.5 Å². The Bertz CT molecular complexity index is 550. The summed E-state index contributed by atoms with van der Waals surface area (Å²) in [6.45, 7) is 0. The number of nitrogens with two attached hydrogens (primary N) is 1. The number of hydrogen-bond acceptors (Lipinski definition) is 4. The first-order valence-electron chi connectivity index (χ1n) is 4.79. The van der Waals surface area contributed by atoms with Gasteiger partial charge in [-0.3, -0.25) is 0 Å². The molecule has 4 nitrogen and oxygen atoms in total. The van der Waals surface area contributed by atoms with Gasteiger partial charge in [-0.1, -0.05) is 12.1 Å². The van der Waals surface area contributed by atoms with E-state index in [4.69, 9.17) is 10.6 Å². The number of nitrogens with zero attached hydrogens (tertiary/aromatic N) is 1. The van der Waals surface area contributed by atoms with Gasteiger partial charge in [-0.05, 0) is 29.0 Å². The Morgan fingerprint density at radius 1 is 1.31 bits per heavy atom. The zero-order chi connectivity index (χ0) is 11.5. The van der Waals surface area contributed by atoms with Crippen molar-refractivity contribution in [3.63, 3.8) is 0 Å². The second-order valence-corrected chi connectivity index (χ2v) is 3.36. The third-order valence-corrected chi connectivity index (χ3v) is 2.45. The molecule has 0 fully saturated rings. The average molecular weight is 216 g/mol. The predicted octanol–water partition coefficient (Wildman–Crippen LogP) is 1.85. The van der Waals surface area contributed by atoms with Crippen molar-refractivity contribution in [1.29, 1.82) is 0 Å². The molecule has 0 bridgehead atoms. The molecule has 0 aliphatic rings. The van der Waals surface area contributed by atoms with Gasteiger partial charge in [0.15, 0.2) is 0 Å². The molecule has 82 valence electrons. The summed E-state index contributed by atoms with van der Waals surface area (Å²) >= 11 is 0. The zero-order valence-electron chi connectivity index (χ0n) is 8.84. The van der Waals surface area contributed by atoms with E-state index in [2.05, 4.69) is 5.10 Å². The van der Waals surface area contributed by atoms with Crippen LogP contribution in [0.4, 0.5) is 0 Å². The van der Waals surface area contributed by atoms with Crippen LogP contribution in [0.1, 0.15) is 5.56 Å². The van der Waals surface area contributed by atoms with Crippen molar-refractivity contribution in [2.75, 3.05) is 7.11 Å². The Morgan fingerprint density at radius 3 is 2.75 bits per heavy atom. The van der Waals surface area contributed by atoms with Crippen molar-refractivity contribution in [2.24, 2.45) is 10.9 Å². The highest BCUT2D eigenvalue weighted by molar-refractivity contribution is 6.02. The minimum atomic E-state index is 0.148. The minimum absolute atomic E-state index is 0.148. The van der Waals surface area contributed by atoms with Crippen molar-refractivity contribution in [2.45, 2.75) is 0 Å². The number of benzene rings is 2. The van der Waals surface area contributed by atoms with Crippen LogP contribution < -0.4 is 10.6 Å². The standard InChI is InChI=1S/C12H12N2O2/c1-16-9-4-2-8-3-5-12(15)11(7-14-13)10(8)6-9/h2-7,15H,13H2,1H3. The number of fused-ring (bicyclic) bond motifs is 1. The smallest absolute Gasteiger partial charge is 0.125 e. The molecule has 0 aliphatic heterocycles. The van der Waals surface area contributed by atoms with Crippen molar-refractivity contribution < 1.29 is 9.84 Å². The van der Waals surface area contributed by atoms with E-state index >= 15 is 0 Å². The third-order valence-electron chi connectivity index (χ3n) is 2.45. The van der Waals surface area contributed by atoms with Crippen molar-refractivity contribution >= 4 is 17.0 Å². The van der Waals surface area contributed by atoms with Gasteiger partial charge in [0.25, 0.3) is 0 Å². The molecule has 0 aliphatic carbocycles. The zero-order valence-corrected chi connectivity index (χ0v) is 8.84. The number of rotatable bonds is 2. The van der Waals surface area contributed by atoms with Crippen LogP contribution >= 0.6 is 0 Å². The SMILES string of the molecule is COc1ccc2ccc(O)c(C=NN)c2c1. The molecule has 3 N–H and O–H groups in total. The van der Waals surface area contributed by atoms with Crippen LogP contribution in [-0.4, -0.2) is 18.4 Å². The lowest BCUT2D eigenvalue weighted by Gasteiger charge is -2.06. The summed E-state index contributed by atoms with van der Waals surface area (Å²) in [7, 11) is 1.60. The summed E-state index contributed by atoms with van der Waals surface area (Å²) in [6.07, 6.45) is 1.43. The second kappa shape index (κ2) is 4.10. The van der Waals surface area contributed by atoms with Gasteiger partial charge in [0, 0.05) is 5.56 Å². The third kappa shape index (κ3) is 1.65. The van der Waals surface area contributed by atoms with E-state index in [1.165, 1.54) is 6.21 Å². The van der Waals surface area contributed by atoms with Crippen molar-refractivity contribution in [1.82, 2.24) is 0 Å². The maximum Gasteiger partial charge on any atom is 0.125 e. The summed E-state index contributed by atoms with van der Waals surface area (Å²) in [5, 5.41) is 15.0. The molecule has 0 aromatic heterocycles. The maximum absolute atomic E-state index is 9.72. The number of hydrazone groups is 1. The van der Waals surface area contributed by atoms with E-state index in [1.807, 2.05) is 24.3 Å². The van der Waals surface area contributed by atoms with E-state index in [0.29, 0.717) is 5.56 Å². The molecule has 0 amide bonds. The van der Waals surface area contributed by atoms with Gasteiger partial charge in [-0.2, -0.15) is 5.10 Å². The Labute approximate surface area is 93.0 Å². The molecule has 0 spiro atoms. The summed E-state index contributed by atoms with van der Waals surface area (Å²) in [4.78, 5) is 0. The van der Waals surface area contributed by atoms with Crippen LogP contribution in [0.3, 0.4) is 0 Å². The minimum Gasteiger partial charge on any atom is -0.507 e. The molecular formula is C12H12N2O2. The van der Waals surface area contributed by atoms with Gasteiger partial charge in [-0.25, -0.2) is 0 Å². The Balaban J connectivity index is 2.77. The average Bonchev–Trinajstić information content (AvgIpc) is 2.32. The second-order valence-electron chi connectivity index (χ2n) is 3.36. The van der Waals surface area contributed by atoms with Crippen LogP contribution in [0, 0.1) is 0 Å². The van der Waals surface area contributed by atoms with Crippen LogP contribution in [0.15, 0.2) is 35.4 Å². The number of phenols is 1. The predicted molar refractivity (Wildman–Crippen MR) is 63.9 cm³/mol. The molecule has 2 aromatic rings. The summed E-state index contributed by atoms with van der Waals surface area (Å²) < 4.78 is 5.14. The summed E-state index contributed by atoms with van der Waals surface area (Å²) in [5.41, 5.74) is 0.596. The Morgan fingerprint density at radius 2 is 2.06 bits per heavy atom. The van der Waals surface area contributed by atoms with Gasteiger partial charge in [0.05, 0.1) is 13.3 Å². The largest absolute Gasteiger partial charge is 0.507 e. The fourth-order valence-electron chi connectivity index (χ4n) is 1.65. The molecule has 16 heavy (non-hydrogen) atoms. The van der Waals surface area contributed by atoms with E-state index < -0.39 is 0 Å². The first-order chi connectivity index (χ1) is 7.76. The number of methoxy groups -OCH3 is 1. The quantitative estimate of drug-likeness (QED) is 0.457.